The summed E-state index contributed by atoms with van der Waals surface area (Å²) in [5, 5.41) is 16.9. The maximum Gasteiger partial charge on any atom is 0.120 e. The average Bonchev–Trinajstić information content (AvgIpc) is 3.77. The molecule has 0 radical (unpaired) electrons. The summed E-state index contributed by atoms with van der Waals surface area (Å²) in [4.78, 5) is 6.82. The second-order valence-corrected chi connectivity index (χ2v) is 11.2. The minimum Gasteiger partial charge on any atom is -0.309 e. The van der Waals surface area contributed by atoms with Gasteiger partial charge in [0.05, 0.1) is 23.3 Å². The normalized spacial score (nSPS) is 11.3. The second kappa shape index (κ2) is 10.7. The smallest absolute Gasteiger partial charge is 0.120 e. The van der Waals surface area contributed by atoms with Gasteiger partial charge in [0, 0.05) is 39.2 Å². The molecule has 0 N–H and O–H groups in total. The van der Waals surface area contributed by atoms with Crippen molar-refractivity contribution < 1.29 is 0 Å². The van der Waals surface area contributed by atoms with Gasteiger partial charge in [-0.3, -0.25) is 4.98 Å². The van der Waals surface area contributed by atoms with Gasteiger partial charge in [0.15, 0.2) is 0 Å². The second-order valence-electron chi connectivity index (χ2n) is 10.3. The highest BCUT2D eigenvalue weighted by atomic mass is 32.1. The van der Waals surface area contributed by atoms with Crippen LogP contribution in [0.15, 0.2) is 151 Å². The Balaban J connectivity index is 1.18. The lowest BCUT2D eigenvalue weighted by Crippen LogP contribution is -2.11. The van der Waals surface area contributed by atoms with Gasteiger partial charge < -0.3 is 4.90 Å². The zero-order valence-corrected chi connectivity index (χ0v) is 23.9. The molecule has 43 heavy (non-hydrogen) atoms. The lowest BCUT2D eigenvalue weighted by atomic mass is 10.0. The molecule has 0 atom stereocenters. The molecule has 0 aliphatic heterocycles. The maximum absolute atomic E-state index is 4.51. The Morgan fingerprint density at radius 3 is 1.91 bits per heavy atom. The zero-order chi connectivity index (χ0) is 28.6. The minimum atomic E-state index is 0.821. The van der Waals surface area contributed by atoms with E-state index in [4.69, 9.17) is 0 Å². The molecule has 0 fully saturated rings. The third-order valence-electron chi connectivity index (χ3n) is 7.70. The first kappa shape index (κ1) is 25.1. The fourth-order valence-corrected chi connectivity index (χ4v) is 6.44. The van der Waals surface area contributed by atoms with Crippen LogP contribution in [0.25, 0.3) is 49.1 Å². The molecule has 3 heterocycles. The Hall–Kier alpha value is -5.59. The van der Waals surface area contributed by atoms with Crippen molar-refractivity contribution in [2.75, 3.05) is 4.90 Å². The number of nitrogens with zero attached hydrogens (tertiary/aromatic N) is 5. The van der Waals surface area contributed by atoms with Crippen LogP contribution in [0.2, 0.25) is 0 Å². The number of fused-ring (bicyclic) bond motifs is 2. The number of thiophene rings is 1. The van der Waals surface area contributed by atoms with Crippen LogP contribution in [0.3, 0.4) is 0 Å². The molecule has 3 aromatic heterocycles. The van der Waals surface area contributed by atoms with Gasteiger partial charge in [-0.2, -0.15) is 0 Å². The quantitative estimate of drug-likeness (QED) is 0.199. The first-order valence-electron chi connectivity index (χ1n) is 14.1. The fraction of sp³-hybridized carbons (Fsp3) is 0. The number of anilines is 3. The molecule has 0 bridgehead atoms. The first-order chi connectivity index (χ1) is 21.3. The Morgan fingerprint density at radius 2 is 1.23 bits per heavy atom. The van der Waals surface area contributed by atoms with Crippen molar-refractivity contribution in [1.82, 2.24) is 20.0 Å². The van der Waals surface area contributed by atoms with E-state index < -0.39 is 0 Å². The van der Waals surface area contributed by atoms with Gasteiger partial charge >= 0.3 is 0 Å². The van der Waals surface area contributed by atoms with E-state index in [2.05, 4.69) is 141 Å². The summed E-state index contributed by atoms with van der Waals surface area (Å²) in [7, 11) is 0. The predicted octanol–water partition coefficient (Wildman–Crippen LogP) is 9.83. The largest absolute Gasteiger partial charge is 0.309 e. The number of hydrogen-bond donors (Lipinski definition) is 0. The summed E-state index contributed by atoms with van der Waals surface area (Å²) in [5.41, 5.74) is 7.19. The first-order valence-corrected chi connectivity index (χ1v) is 15.0. The molecule has 6 heteroatoms. The monoisotopic (exact) mass is 571 g/mol. The highest BCUT2D eigenvalue weighted by Gasteiger charge is 2.18. The van der Waals surface area contributed by atoms with Crippen molar-refractivity contribution in [3.05, 3.63) is 151 Å². The van der Waals surface area contributed by atoms with Gasteiger partial charge in [-0.25, -0.2) is 4.68 Å². The molecule has 0 aliphatic carbocycles. The van der Waals surface area contributed by atoms with Crippen LogP contribution in [-0.2, 0) is 0 Å². The van der Waals surface area contributed by atoms with Gasteiger partial charge in [-0.15, -0.1) is 16.4 Å². The Bertz CT molecular complexity index is 2110. The molecule has 5 aromatic carbocycles. The maximum atomic E-state index is 4.51. The summed E-state index contributed by atoms with van der Waals surface area (Å²) < 4.78 is 1.83. The molecule has 5 nitrogen and oxygen atoms in total. The van der Waals surface area contributed by atoms with Crippen LogP contribution in [0.1, 0.15) is 0 Å². The van der Waals surface area contributed by atoms with Crippen molar-refractivity contribution in [3.63, 3.8) is 0 Å². The topological polar surface area (TPSA) is 46.8 Å². The summed E-state index contributed by atoms with van der Waals surface area (Å²) in [5.74, 6) is 0. The van der Waals surface area contributed by atoms with Gasteiger partial charge in [0.2, 0.25) is 0 Å². The van der Waals surface area contributed by atoms with E-state index in [0.29, 0.717) is 0 Å². The Labute approximate surface area is 252 Å². The third-order valence-corrected chi connectivity index (χ3v) is 8.62. The number of rotatable bonds is 6. The van der Waals surface area contributed by atoms with Crippen LogP contribution >= 0.6 is 11.3 Å². The van der Waals surface area contributed by atoms with Crippen LogP contribution in [0.4, 0.5) is 17.1 Å². The van der Waals surface area contributed by atoms with Crippen molar-refractivity contribution in [3.8, 4) is 27.5 Å². The average molecular weight is 572 g/mol. The van der Waals surface area contributed by atoms with E-state index in [9.17, 15) is 0 Å². The van der Waals surface area contributed by atoms with E-state index in [-0.39, 0.29) is 0 Å². The molecule has 0 saturated carbocycles. The van der Waals surface area contributed by atoms with Crippen molar-refractivity contribution in [2.24, 2.45) is 0 Å². The Morgan fingerprint density at radius 1 is 0.581 bits per heavy atom. The minimum absolute atomic E-state index is 0.821. The molecule has 0 saturated heterocycles. The summed E-state index contributed by atoms with van der Waals surface area (Å²) in [6, 6.07) is 46.7. The van der Waals surface area contributed by atoms with Gasteiger partial charge in [0.25, 0.3) is 0 Å². The SMILES string of the molecule is c1ccc(-c2csc(-n3cc(-c4ccc(N(c5cccc6ccccc56)c5cccc6ccccc56)cc4)nn3)c2)nc1. The summed E-state index contributed by atoms with van der Waals surface area (Å²) in [6.45, 7) is 0. The molecule has 8 aromatic rings. The number of aromatic nitrogens is 4. The molecule has 0 amide bonds. The molecule has 204 valence electrons. The molecule has 8 rings (SSSR count). The van der Waals surface area contributed by atoms with E-state index >= 15 is 0 Å². The lowest BCUT2D eigenvalue weighted by Gasteiger charge is -2.28. The van der Waals surface area contributed by atoms with Crippen molar-refractivity contribution in [2.45, 2.75) is 0 Å². The fourth-order valence-electron chi connectivity index (χ4n) is 5.61. The van der Waals surface area contributed by atoms with E-state index in [1.165, 1.54) is 21.5 Å². The number of benzene rings is 5. The summed E-state index contributed by atoms with van der Waals surface area (Å²) in [6.07, 6.45) is 3.79. The molecule has 0 unspecified atom stereocenters. The van der Waals surface area contributed by atoms with Gasteiger partial charge in [0.1, 0.15) is 10.7 Å². The molecular weight excluding hydrogens is 547 g/mol. The van der Waals surface area contributed by atoms with Crippen LogP contribution in [0, 0.1) is 0 Å². The van der Waals surface area contributed by atoms with Gasteiger partial charge in [-0.1, -0.05) is 96.2 Å². The zero-order valence-electron chi connectivity index (χ0n) is 23.1. The molecule has 0 aliphatic rings. The van der Waals surface area contributed by atoms with Crippen LogP contribution in [0.5, 0.6) is 0 Å². The van der Waals surface area contributed by atoms with E-state index in [1.807, 2.05) is 35.3 Å². The number of hydrogen-bond acceptors (Lipinski definition) is 5. The van der Waals surface area contributed by atoms with E-state index in [1.54, 1.807) is 11.3 Å². The van der Waals surface area contributed by atoms with Crippen LogP contribution < -0.4 is 4.90 Å². The molecular formula is C37H25N5S. The van der Waals surface area contributed by atoms with Crippen LogP contribution in [-0.4, -0.2) is 20.0 Å². The van der Waals surface area contributed by atoms with Gasteiger partial charge in [-0.05, 0) is 53.2 Å². The third kappa shape index (κ3) is 4.64. The van der Waals surface area contributed by atoms with Crippen molar-refractivity contribution in [1.29, 1.82) is 0 Å². The van der Waals surface area contributed by atoms with Crippen molar-refractivity contribution >= 4 is 49.9 Å². The van der Waals surface area contributed by atoms with E-state index in [0.717, 1.165) is 44.6 Å². The predicted molar refractivity (Wildman–Crippen MR) is 178 cm³/mol. The standard InChI is InChI=1S/C37H25N5S/c1-3-13-31-26(9-1)11-7-16-35(31)42(36-17-8-12-27-10-2-4-14-32(27)36)30-20-18-28(19-21-30)34-24-41(40-39-34)37-23-29(25-43-37)33-15-5-6-22-38-33/h1-25H. The summed E-state index contributed by atoms with van der Waals surface area (Å²) >= 11 is 1.62. The number of pyridine rings is 1. The lowest BCUT2D eigenvalue weighted by molar-refractivity contribution is 0.815. The Kier molecular flexibility index (Phi) is 6.24. The highest BCUT2D eigenvalue weighted by molar-refractivity contribution is 7.13. The molecule has 0 spiro atoms. The highest BCUT2D eigenvalue weighted by Crippen LogP contribution is 2.42.